The molecule has 1 N–H and O–H groups in total. The van der Waals surface area contributed by atoms with Gasteiger partial charge in [-0.2, -0.15) is 0 Å². The third-order valence-corrected chi connectivity index (χ3v) is 3.33. The summed E-state index contributed by atoms with van der Waals surface area (Å²) in [7, 11) is 0. The van der Waals surface area contributed by atoms with E-state index in [4.69, 9.17) is 4.74 Å². The highest BCUT2D eigenvalue weighted by Gasteiger charge is 2.09. The molecule has 4 heteroatoms. The SMILES string of the molecule is CCCOc1ccc(C(C)=O)cc1NC(=O)/C=C/c1ccccc1. The molecule has 0 atom stereocenters. The van der Waals surface area contributed by atoms with E-state index in [1.54, 1.807) is 24.3 Å². The number of benzene rings is 2. The van der Waals surface area contributed by atoms with E-state index in [-0.39, 0.29) is 11.7 Å². The predicted octanol–water partition coefficient (Wildman–Crippen LogP) is 4.33. The summed E-state index contributed by atoms with van der Waals surface area (Å²) >= 11 is 0. The molecule has 0 aliphatic rings. The predicted molar refractivity (Wildman–Crippen MR) is 96.3 cm³/mol. The van der Waals surface area contributed by atoms with Crippen molar-refractivity contribution in [3.8, 4) is 5.75 Å². The van der Waals surface area contributed by atoms with E-state index in [9.17, 15) is 9.59 Å². The standard InChI is InChI=1S/C20H21NO3/c1-3-13-24-19-11-10-17(15(2)22)14-18(19)21-20(23)12-9-16-7-5-4-6-8-16/h4-12,14H,3,13H2,1-2H3,(H,21,23)/b12-9+. The van der Waals surface area contributed by atoms with Gasteiger partial charge in [-0.15, -0.1) is 0 Å². The highest BCUT2D eigenvalue weighted by Crippen LogP contribution is 2.26. The summed E-state index contributed by atoms with van der Waals surface area (Å²) in [4.78, 5) is 23.7. The van der Waals surface area contributed by atoms with E-state index < -0.39 is 0 Å². The van der Waals surface area contributed by atoms with Gasteiger partial charge in [0.25, 0.3) is 0 Å². The lowest BCUT2D eigenvalue weighted by atomic mass is 10.1. The number of rotatable bonds is 7. The first-order valence-corrected chi connectivity index (χ1v) is 7.92. The first kappa shape index (κ1) is 17.5. The Bertz CT molecular complexity index is 736. The largest absolute Gasteiger partial charge is 0.491 e. The summed E-state index contributed by atoms with van der Waals surface area (Å²) in [6.07, 6.45) is 4.05. The van der Waals surface area contributed by atoms with Gasteiger partial charge >= 0.3 is 0 Å². The van der Waals surface area contributed by atoms with E-state index in [2.05, 4.69) is 5.32 Å². The Morgan fingerprint density at radius 1 is 1.12 bits per heavy atom. The van der Waals surface area contributed by atoms with Crippen molar-refractivity contribution in [3.05, 3.63) is 65.7 Å². The van der Waals surface area contributed by atoms with E-state index in [0.29, 0.717) is 23.6 Å². The van der Waals surface area contributed by atoms with Crippen molar-refractivity contribution in [3.63, 3.8) is 0 Å². The normalized spacial score (nSPS) is 10.6. The number of hydrogen-bond donors (Lipinski definition) is 1. The van der Waals surface area contributed by atoms with Gasteiger partial charge in [-0.05, 0) is 43.2 Å². The average Bonchev–Trinajstić information content (AvgIpc) is 2.59. The number of ketones is 1. The zero-order valence-electron chi connectivity index (χ0n) is 13.9. The Hall–Kier alpha value is -2.88. The van der Waals surface area contributed by atoms with Crippen LogP contribution in [-0.4, -0.2) is 18.3 Å². The molecule has 0 unspecified atom stereocenters. The maximum absolute atomic E-state index is 12.2. The molecule has 2 aromatic carbocycles. The van der Waals surface area contributed by atoms with Crippen molar-refractivity contribution < 1.29 is 14.3 Å². The van der Waals surface area contributed by atoms with E-state index in [1.807, 2.05) is 37.3 Å². The van der Waals surface area contributed by atoms with Crippen LogP contribution in [0.25, 0.3) is 6.08 Å². The number of carbonyl (C=O) groups is 2. The fourth-order valence-corrected chi connectivity index (χ4v) is 2.10. The van der Waals surface area contributed by atoms with Crippen LogP contribution in [0, 0.1) is 0 Å². The van der Waals surface area contributed by atoms with Crippen LogP contribution in [0.2, 0.25) is 0 Å². The molecule has 0 fully saturated rings. The molecule has 24 heavy (non-hydrogen) atoms. The second kappa shape index (κ2) is 8.67. The molecule has 2 aromatic rings. The van der Waals surface area contributed by atoms with Crippen LogP contribution in [0.5, 0.6) is 5.75 Å². The molecule has 0 spiro atoms. The fourth-order valence-electron chi connectivity index (χ4n) is 2.10. The number of Topliss-reactive ketones (excluding diaryl/α,β-unsaturated/α-hetero) is 1. The summed E-state index contributed by atoms with van der Waals surface area (Å²) in [5.74, 6) is 0.219. The highest BCUT2D eigenvalue weighted by molar-refractivity contribution is 6.04. The number of carbonyl (C=O) groups excluding carboxylic acids is 2. The maximum Gasteiger partial charge on any atom is 0.248 e. The monoisotopic (exact) mass is 323 g/mol. The molecule has 4 nitrogen and oxygen atoms in total. The van der Waals surface area contributed by atoms with Crippen LogP contribution in [-0.2, 0) is 4.79 Å². The van der Waals surface area contributed by atoms with Crippen molar-refractivity contribution in [2.24, 2.45) is 0 Å². The van der Waals surface area contributed by atoms with Gasteiger partial charge in [-0.25, -0.2) is 0 Å². The lowest BCUT2D eigenvalue weighted by molar-refractivity contribution is -0.111. The van der Waals surface area contributed by atoms with Crippen LogP contribution in [0.4, 0.5) is 5.69 Å². The fraction of sp³-hybridized carbons (Fsp3) is 0.200. The lowest BCUT2D eigenvalue weighted by Crippen LogP contribution is -2.10. The number of ether oxygens (including phenoxy) is 1. The molecule has 124 valence electrons. The third-order valence-electron chi connectivity index (χ3n) is 3.33. The Morgan fingerprint density at radius 2 is 1.88 bits per heavy atom. The van der Waals surface area contributed by atoms with Crippen LogP contribution in [0.1, 0.15) is 36.2 Å². The van der Waals surface area contributed by atoms with E-state index >= 15 is 0 Å². The molecule has 2 rings (SSSR count). The molecular weight excluding hydrogens is 302 g/mol. The van der Waals surface area contributed by atoms with Gasteiger partial charge in [0.2, 0.25) is 5.91 Å². The minimum Gasteiger partial charge on any atom is -0.491 e. The van der Waals surface area contributed by atoms with Crippen LogP contribution in [0.3, 0.4) is 0 Å². The number of anilines is 1. The van der Waals surface area contributed by atoms with E-state index in [0.717, 1.165) is 12.0 Å². The smallest absolute Gasteiger partial charge is 0.248 e. The second-order valence-corrected chi connectivity index (χ2v) is 5.35. The van der Waals surface area contributed by atoms with Crippen LogP contribution in [0.15, 0.2) is 54.6 Å². The van der Waals surface area contributed by atoms with Crippen molar-refractivity contribution in [1.29, 1.82) is 0 Å². The Labute approximate surface area is 142 Å². The third kappa shape index (κ3) is 5.09. The van der Waals surface area contributed by atoms with Gasteiger partial charge < -0.3 is 10.1 Å². The first-order valence-electron chi connectivity index (χ1n) is 7.92. The van der Waals surface area contributed by atoms with E-state index in [1.165, 1.54) is 13.0 Å². The molecule has 0 aliphatic heterocycles. The zero-order chi connectivity index (χ0) is 17.4. The molecule has 0 aliphatic carbocycles. The molecule has 0 radical (unpaired) electrons. The summed E-state index contributed by atoms with van der Waals surface area (Å²) in [6.45, 7) is 4.04. The maximum atomic E-state index is 12.2. The highest BCUT2D eigenvalue weighted by atomic mass is 16.5. The van der Waals surface area contributed by atoms with Crippen molar-refractivity contribution in [2.75, 3.05) is 11.9 Å². The van der Waals surface area contributed by atoms with Gasteiger partial charge in [-0.3, -0.25) is 9.59 Å². The van der Waals surface area contributed by atoms with Gasteiger partial charge in [-0.1, -0.05) is 37.3 Å². The topological polar surface area (TPSA) is 55.4 Å². The molecule has 0 saturated heterocycles. The summed E-state index contributed by atoms with van der Waals surface area (Å²) < 4.78 is 5.63. The Balaban J connectivity index is 2.16. The Morgan fingerprint density at radius 3 is 2.54 bits per heavy atom. The average molecular weight is 323 g/mol. The molecule has 1 amide bonds. The molecular formula is C20H21NO3. The van der Waals surface area contributed by atoms with Gasteiger partial charge in [0.05, 0.1) is 12.3 Å². The molecule has 0 heterocycles. The van der Waals surface area contributed by atoms with Crippen molar-refractivity contribution in [2.45, 2.75) is 20.3 Å². The van der Waals surface area contributed by atoms with Crippen LogP contribution < -0.4 is 10.1 Å². The number of amides is 1. The van der Waals surface area contributed by atoms with Gasteiger partial charge in [0.1, 0.15) is 5.75 Å². The zero-order valence-corrected chi connectivity index (χ0v) is 13.9. The quantitative estimate of drug-likeness (QED) is 0.609. The number of hydrogen-bond acceptors (Lipinski definition) is 3. The molecule has 0 bridgehead atoms. The first-order chi connectivity index (χ1) is 11.6. The molecule has 0 aromatic heterocycles. The van der Waals surface area contributed by atoms with Crippen LogP contribution >= 0.6 is 0 Å². The summed E-state index contributed by atoms with van der Waals surface area (Å²) in [5.41, 5.74) is 1.97. The summed E-state index contributed by atoms with van der Waals surface area (Å²) in [5, 5.41) is 2.78. The lowest BCUT2D eigenvalue weighted by Gasteiger charge is -2.12. The van der Waals surface area contributed by atoms with Gasteiger partial charge in [0, 0.05) is 11.6 Å². The summed E-state index contributed by atoms with van der Waals surface area (Å²) in [6, 6.07) is 14.6. The second-order valence-electron chi connectivity index (χ2n) is 5.35. The minimum absolute atomic E-state index is 0.0626. The molecule has 0 saturated carbocycles. The number of nitrogens with one attached hydrogen (secondary N) is 1. The minimum atomic E-state index is -0.277. The Kier molecular flexibility index (Phi) is 6.32. The van der Waals surface area contributed by atoms with Crippen molar-refractivity contribution in [1.82, 2.24) is 0 Å². The van der Waals surface area contributed by atoms with Crippen molar-refractivity contribution >= 4 is 23.5 Å². The van der Waals surface area contributed by atoms with Gasteiger partial charge in [0.15, 0.2) is 5.78 Å².